The Morgan fingerprint density at radius 1 is 1.11 bits per heavy atom. The molecule has 1 aliphatic rings. The van der Waals surface area contributed by atoms with E-state index < -0.39 is 27.6 Å². The van der Waals surface area contributed by atoms with Crippen molar-refractivity contribution in [2.45, 2.75) is 90.7 Å². The lowest BCUT2D eigenvalue weighted by Gasteiger charge is -2.33. The first-order valence-corrected chi connectivity index (χ1v) is 15.0. The van der Waals surface area contributed by atoms with E-state index in [0.29, 0.717) is 24.7 Å². The van der Waals surface area contributed by atoms with Crippen LogP contribution in [0.15, 0.2) is 24.3 Å². The Labute approximate surface area is 222 Å². The number of sulfonamides is 1. The second-order valence-electron chi connectivity index (χ2n) is 10.8. The van der Waals surface area contributed by atoms with Crippen LogP contribution in [-0.2, 0) is 26.0 Å². The average molecular weight is 541 g/mol. The number of amides is 1. The number of hydrogen-bond donors (Lipinski definition) is 2. The SMILES string of the molecule is CCCCS(=O)(=O)N[C@@H](Cc1ccc(OCCCCC2CCN(C(=O)OC(C)(C)C)CC2)cc1)C(=O)O. The Morgan fingerprint density at radius 2 is 1.76 bits per heavy atom. The van der Waals surface area contributed by atoms with E-state index in [2.05, 4.69) is 4.72 Å². The zero-order chi connectivity index (χ0) is 27.5. The van der Waals surface area contributed by atoms with Gasteiger partial charge in [0.2, 0.25) is 10.0 Å². The predicted octanol–water partition coefficient (Wildman–Crippen LogP) is 4.60. The number of rotatable bonds is 14. The zero-order valence-electron chi connectivity index (χ0n) is 22.7. The summed E-state index contributed by atoms with van der Waals surface area (Å²) in [6.45, 7) is 9.59. The molecule has 1 aliphatic heterocycles. The second kappa shape index (κ2) is 14.6. The molecule has 9 nitrogen and oxygen atoms in total. The van der Waals surface area contributed by atoms with Crippen molar-refractivity contribution in [3.05, 3.63) is 29.8 Å². The third kappa shape index (κ3) is 12.2. The Hall–Kier alpha value is -2.33. The van der Waals surface area contributed by atoms with Crippen LogP contribution in [0, 0.1) is 5.92 Å². The number of hydrogen-bond acceptors (Lipinski definition) is 6. The number of unbranched alkanes of at least 4 members (excludes halogenated alkanes) is 2. The molecule has 210 valence electrons. The Morgan fingerprint density at radius 3 is 2.32 bits per heavy atom. The molecule has 0 aromatic heterocycles. The monoisotopic (exact) mass is 540 g/mol. The summed E-state index contributed by atoms with van der Waals surface area (Å²) in [7, 11) is -3.63. The summed E-state index contributed by atoms with van der Waals surface area (Å²) in [6, 6.07) is 5.90. The van der Waals surface area contributed by atoms with E-state index in [9.17, 15) is 23.1 Å². The fourth-order valence-corrected chi connectivity index (χ4v) is 5.61. The van der Waals surface area contributed by atoms with E-state index in [1.165, 1.54) is 0 Å². The van der Waals surface area contributed by atoms with Gasteiger partial charge < -0.3 is 19.5 Å². The highest BCUT2D eigenvalue weighted by Crippen LogP contribution is 2.24. The number of nitrogens with one attached hydrogen (secondary N) is 1. The van der Waals surface area contributed by atoms with Gasteiger partial charge in [0.25, 0.3) is 0 Å². The molecule has 0 aliphatic carbocycles. The molecule has 0 unspecified atom stereocenters. The molecule has 10 heteroatoms. The number of piperidine rings is 1. The highest BCUT2D eigenvalue weighted by Gasteiger charge is 2.27. The first-order valence-electron chi connectivity index (χ1n) is 13.3. The highest BCUT2D eigenvalue weighted by molar-refractivity contribution is 7.89. The molecule has 1 amide bonds. The third-order valence-corrected chi connectivity index (χ3v) is 7.76. The number of benzene rings is 1. The van der Waals surface area contributed by atoms with Crippen LogP contribution in [-0.4, -0.2) is 67.6 Å². The van der Waals surface area contributed by atoms with Crippen LogP contribution in [0.2, 0.25) is 0 Å². The maximum Gasteiger partial charge on any atom is 0.410 e. The van der Waals surface area contributed by atoms with Crippen LogP contribution in [0.25, 0.3) is 0 Å². The van der Waals surface area contributed by atoms with E-state index in [1.54, 1.807) is 29.2 Å². The molecule has 2 N–H and O–H groups in total. The molecule has 1 aromatic rings. The van der Waals surface area contributed by atoms with Gasteiger partial charge in [0.1, 0.15) is 17.4 Å². The maximum absolute atomic E-state index is 12.2. The van der Waals surface area contributed by atoms with Gasteiger partial charge in [-0.3, -0.25) is 4.79 Å². The summed E-state index contributed by atoms with van der Waals surface area (Å²) < 4.78 is 37.8. The van der Waals surface area contributed by atoms with Crippen molar-refractivity contribution in [3.63, 3.8) is 0 Å². The van der Waals surface area contributed by atoms with Gasteiger partial charge in [0.15, 0.2) is 0 Å². The lowest BCUT2D eigenvalue weighted by molar-refractivity contribution is -0.138. The van der Waals surface area contributed by atoms with Crippen molar-refractivity contribution in [2.75, 3.05) is 25.4 Å². The molecular weight excluding hydrogens is 496 g/mol. The van der Waals surface area contributed by atoms with Gasteiger partial charge in [0, 0.05) is 13.1 Å². The molecule has 0 bridgehead atoms. The van der Waals surface area contributed by atoms with Gasteiger partial charge in [-0.05, 0) is 82.9 Å². The van der Waals surface area contributed by atoms with Crippen LogP contribution in [0.4, 0.5) is 4.79 Å². The largest absolute Gasteiger partial charge is 0.494 e. The molecule has 0 spiro atoms. The maximum atomic E-state index is 12.2. The molecule has 1 saturated heterocycles. The number of carbonyl (C=O) groups excluding carboxylic acids is 1. The van der Waals surface area contributed by atoms with E-state index in [0.717, 1.165) is 57.2 Å². The van der Waals surface area contributed by atoms with Crippen LogP contribution >= 0.6 is 0 Å². The summed E-state index contributed by atoms with van der Waals surface area (Å²) in [5.74, 6) is 0.0333. The fraction of sp³-hybridized carbons (Fsp3) is 0.704. The van der Waals surface area contributed by atoms with Crippen LogP contribution < -0.4 is 9.46 Å². The Bertz CT molecular complexity index is 950. The number of carbonyl (C=O) groups is 2. The van der Waals surface area contributed by atoms with E-state index in [1.807, 2.05) is 27.7 Å². The van der Waals surface area contributed by atoms with Crippen molar-refractivity contribution in [2.24, 2.45) is 5.92 Å². The van der Waals surface area contributed by atoms with E-state index in [-0.39, 0.29) is 18.3 Å². The van der Waals surface area contributed by atoms with Crippen LogP contribution in [0.3, 0.4) is 0 Å². The average Bonchev–Trinajstić information content (AvgIpc) is 2.82. The molecule has 0 radical (unpaired) electrons. The van der Waals surface area contributed by atoms with Crippen LogP contribution in [0.5, 0.6) is 5.75 Å². The number of likely N-dealkylation sites (tertiary alicyclic amines) is 1. The summed E-state index contributed by atoms with van der Waals surface area (Å²) in [5, 5.41) is 9.44. The summed E-state index contributed by atoms with van der Waals surface area (Å²) in [4.78, 5) is 25.5. The summed E-state index contributed by atoms with van der Waals surface area (Å²) in [5.41, 5.74) is 0.249. The van der Waals surface area contributed by atoms with Gasteiger partial charge in [-0.15, -0.1) is 0 Å². The minimum Gasteiger partial charge on any atom is -0.494 e. The highest BCUT2D eigenvalue weighted by atomic mass is 32.2. The molecule has 1 aromatic carbocycles. The number of aliphatic carboxylic acids is 1. The van der Waals surface area contributed by atoms with Gasteiger partial charge in [0.05, 0.1) is 12.4 Å². The Kier molecular flexibility index (Phi) is 12.2. The third-order valence-electron chi connectivity index (χ3n) is 6.29. The van der Waals surface area contributed by atoms with E-state index >= 15 is 0 Å². The smallest absolute Gasteiger partial charge is 0.410 e. The Balaban J connectivity index is 1.67. The van der Waals surface area contributed by atoms with Gasteiger partial charge in [-0.25, -0.2) is 17.9 Å². The molecule has 2 rings (SSSR count). The number of carboxylic acids is 1. The molecule has 37 heavy (non-hydrogen) atoms. The number of carboxylic acid groups (broad SMARTS) is 1. The quantitative estimate of drug-likeness (QED) is 0.331. The predicted molar refractivity (Wildman–Crippen MR) is 143 cm³/mol. The lowest BCUT2D eigenvalue weighted by Crippen LogP contribution is -2.43. The summed E-state index contributed by atoms with van der Waals surface area (Å²) >= 11 is 0. The topological polar surface area (TPSA) is 122 Å². The first-order chi connectivity index (χ1) is 17.4. The molecular formula is C27H44N2O7S. The van der Waals surface area contributed by atoms with Crippen molar-refractivity contribution in [1.82, 2.24) is 9.62 Å². The van der Waals surface area contributed by atoms with Crippen molar-refractivity contribution in [1.29, 1.82) is 0 Å². The molecule has 0 saturated carbocycles. The molecule has 1 atom stereocenters. The minimum absolute atomic E-state index is 0.0632. The zero-order valence-corrected chi connectivity index (χ0v) is 23.5. The van der Waals surface area contributed by atoms with Gasteiger partial charge >= 0.3 is 12.1 Å². The minimum atomic E-state index is -3.63. The first kappa shape index (κ1) is 30.9. The standard InChI is InChI=1S/C27H44N2O7S/c1-5-6-19-37(33,34)28-24(25(30)31)20-22-10-12-23(13-11-22)35-18-8-7-9-21-14-16-29(17-15-21)26(32)36-27(2,3)4/h10-13,21,24,28H,5-9,14-20H2,1-4H3,(H,30,31)/t24-/m0/s1. The van der Waals surface area contributed by atoms with Crippen molar-refractivity contribution < 1.29 is 32.6 Å². The fourth-order valence-electron chi connectivity index (χ4n) is 4.20. The molecule has 1 fully saturated rings. The second-order valence-corrected chi connectivity index (χ2v) is 12.7. The van der Waals surface area contributed by atoms with Gasteiger partial charge in [-0.1, -0.05) is 31.9 Å². The van der Waals surface area contributed by atoms with E-state index in [4.69, 9.17) is 9.47 Å². The molecule has 1 heterocycles. The van der Waals surface area contributed by atoms with Crippen LogP contribution in [0.1, 0.15) is 78.2 Å². The summed E-state index contributed by atoms with van der Waals surface area (Å²) in [6.07, 6.45) is 6.11. The van der Waals surface area contributed by atoms with Crippen molar-refractivity contribution >= 4 is 22.1 Å². The normalized spacial score (nSPS) is 15.8. The van der Waals surface area contributed by atoms with Crippen molar-refractivity contribution in [3.8, 4) is 5.75 Å². The lowest BCUT2D eigenvalue weighted by atomic mass is 9.92. The number of nitrogens with zero attached hydrogens (tertiary/aromatic N) is 1. The van der Waals surface area contributed by atoms with Gasteiger partial charge in [-0.2, -0.15) is 0 Å². The number of ether oxygens (including phenoxy) is 2.